The van der Waals surface area contributed by atoms with Gasteiger partial charge in [-0.2, -0.15) is 0 Å². The summed E-state index contributed by atoms with van der Waals surface area (Å²) in [6.45, 7) is 5.80. The van der Waals surface area contributed by atoms with Crippen LogP contribution in [0.15, 0.2) is 0 Å². The van der Waals surface area contributed by atoms with Crippen LogP contribution in [-0.2, 0) is 14.6 Å². The molecule has 1 saturated heterocycles. The molecule has 1 aliphatic heterocycles. The molecule has 0 aliphatic carbocycles. The van der Waals surface area contributed by atoms with E-state index in [1.54, 1.807) is 0 Å². The van der Waals surface area contributed by atoms with Crippen molar-refractivity contribution in [2.75, 3.05) is 18.1 Å². The molecule has 0 aromatic heterocycles. The first kappa shape index (κ1) is 13.4. The standard InChI is InChI=1S/C10H20N2O3S/c1-8(2)12-9(13)6-11-10(3)4-5-16(14,15)7-10/h8,11H,4-7H2,1-3H3,(H,12,13). The van der Waals surface area contributed by atoms with Crippen LogP contribution in [0, 0.1) is 0 Å². The van der Waals surface area contributed by atoms with Gasteiger partial charge in [-0.05, 0) is 27.2 Å². The Labute approximate surface area is 96.9 Å². The van der Waals surface area contributed by atoms with Crippen molar-refractivity contribution >= 4 is 15.7 Å². The summed E-state index contributed by atoms with van der Waals surface area (Å²) >= 11 is 0. The predicted molar refractivity (Wildman–Crippen MR) is 63.0 cm³/mol. The number of sulfone groups is 1. The quantitative estimate of drug-likeness (QED) is 0.715. The van der Waals surface area contributed by atoms with Gasteiger partial charge in [0.25, 0.3) is 0 Å². The van der Waals surface area contributed by atoms with Gasteiger partial charge in [-0.25, -0.2) is 8.42 Å². The Morgan fingerprint density at radius 2 is 2.06 bits per heavy atom. The van der Waals surface area contributed by atoms with Crippen LogP contribution in [0.3, 0.4) is 0 Å². The highest BCUT2D eigenvalue weighted by Crippen LogP contribution is 2.22. The Balaban J connectivity index is 2.41. The van der Waals surface area contributed by atoms with Crippen LogP contribution in [0.1, 0.15) is 27.2 Å². The Kier molecular flexibility index (Phi) is 3.96. The average Bonchev–Trinajstić information content (AvgIpc) is 2.37. The fourth-order valence-corrected chi connectivity index (χ4v) is 3.94. The van der Waals surface area contributed by atoms with Crippen LogP contribution in [-0.4, -0.2) is 44.0 Å². The van der Waals surface area contributed by atoms with E-state index >= 15 is 0 Å². The third-order valence-corrected chi connectivity index (χ3v) is 4.53. The molecule has 0 saturated carbocycles. The number of nitrogens with one attached hydrogen (secondary N) is 2. The molecule has 1 unspecified atom stereocenters. The van der Waals surface area contributed by atoms with Gasteiger partial charge in [-0.15, -0.1) is 0 Å². The summed E-state index contributed by atoms with van der Waals surface area (Å²) in [7, 11) is -2.92. The summed E-state index contributed by atoms with van der Waals surface area (Å²) in [4.78, 5) is 11.4. The van der Waals surface area contributed by atoms with Crippen LogP contribution in [0.2, 0.25) is 0 Å². The Morgan fingerprint density at radius 3 is 2.50 bits per heavy atom. The van der Waals surface area contributed by atoms with Gasteiger partial charge in [-0.3, -0.25) is 4.79 Å². The minimum absolute atomic E-state index is 0.0967. The number of amides is 1. The summed E-state index contributed by atoms with van der Waals surface area (Å²) in [5, 5.41) is 5.78. The molecular weight excluding hydrogens is 228 g/mol. The number of hydrogen-bond acceptors (Lipinski definition) is 4. The van der Waals surface area contributed by atoms with E-state index in [1.165, 1.54) is 0 Å². The minimum atomic E-state index is -2.92. The van der Waals surface area contributed by atoms with E-state index in [0.717, 1.165) is 0 Å². The molecular formula is C10H20N2O3S. The van der Waals surface area contributed by atoms with Crippen molar-refractivity contribution < 1.29 is 13.2 Å². The lowest BCUT2D eigenvalue weighted by Crippen LogP contribution is -2.49. The molecule has 2 N–H and O–H groups in total. The normalized spacial score (nSPS) is 28.2. The third-order valence-electron chi connectivity index (χ3n) is 2.63. The second-order valence-corrected chi connectivity index (χ2v) is 7.16. The maximum atomic E-state index is 11.4. The Morgan fingerprint density at radius 1 is 1.44 bits per heavy atom. The first-order valence-corrected chi connectivity index (χ1v) is 7.29. The zero-order valence-electron chi connectivity index (χ0n) is 10.0. The first-order chi connectivity index (χ1) is 7.22. The summed E-state index contributed by atoms with van der Waals surface area (Å²) in [5.74, 6) is 0.234. The van der Waals surface area contributed by atoms with Gasteiger partial charge in [0.05, 0.1) is 18.1 Å². The molecule has 0 bridgehead atoms. The average molecular weight is 248 g/mol. The smallest absolute Gasteiger partial charge is 0.234 e. The van der Waals surface area contributed by atoms with Gasteiger partial charge in [0, 0.05) is 11.6 Å². The second-order valence-electron chi connectivity index (χ2n) is 4.98. The zero-order valence-corrected chi connectivity index (χ0v) is 10.9. The molecule has 16 heavy (non-hydrogen) atoms. The lowest BCUT2D eigenvalue weighted by molar-refractivity contribution is -0.121. The van der Waals surface area contributed by atoms with Crippen LogP contribution in [0.4, 0.5) is 0 Å². The summed E-state index contributed by atoms with van der Waals surface area (Å²) in [6, 6.07) is 0.106. The molecule has 1 heterocycles. The van der Waals surface area contributed by atoms with Crippen molar-refractivity contribution in [3.05, 3.63) is 0 Å². The van der Waals surface area contributed by atoms with Crippen LogP contribution in [0.5, 0.6) is 0 Å². The van der Waals surface area contributed by atoms with E-state index in [2.05, 4.69) is 10.6 Å². The molecule has 1 fully saturated rings. The molecule has 1 amide bonds. The molecule has 5 nitrogen and oxygen atoms in total. The van der Waals surface area contributed by atoms with Gasteiger partial charge < -0.3 is 10.6 Å². The van der Waals surface area contributed by atoms with Crippen LogP contribution >= 0.6 is 0 Å². The van der Waals surface area contributed by atoms with E-state index in [9.17, 15) is 13.2 Å². The lowest BCUT2D eigenvalue weighted by atomic mass is 10.0. The number of carbonyl (C=O) groups is 1. The molecule has 0 aromatic rings. The molecule has 1 atom stereocenters. The van der Waals surface area contributed by atoms with Gasteiger partial charge >= 0.3 is 0 Å². The molecule has 94 valence electrons. The summed E-state index contributed by atoms with van der Waals surface area (Å²) < 4.78 is 22.7. The fraction of sp³-hybridized carbons (Fsp3) is 0.900. The molecule has 1 rings (SSSR count). The molecule has 0 radical (unpaired) electrons. The summed E-state index contributed by atoms with van der Waals surface area (Å²) in [5.41, 5.74) is -0.451. The monoisotopic (exact) mass is 248 g/mol. The highest BCUT2D eigenvalue weighted by Gasteiger charge is 2.38. The maximum Gasteiger partial charge on any atom is 0.234 e. The number of carbonyl (C=O) groups excluding carboxylic acids is 1. The molecule has 6 heteroatoms. The van der Waals surface area contributed by atoms with Gasteiger partial charge in [0.1, 0.15) is 0 Å². The van der Waals surface area contributed by atoms with Crippen molar-refractivity contribution in [2.45, 2.75) is 38.8 Å². The van der Waals surface area contributed by atoms with Crippen molar-refractivity contribution in [3.8, 4) is 0 Å². The van der Waals surface area contributed by atoms with Gasteiger partial charge in [0.15, 0.2) is 9.84 Å². The van der Waals surface area contributed by atoms with Crippen molar-refractivity contribution in [1.82, 2.24) is 10.6 Å². The Bertz CT molecular complexity index is 364. The summed E-state index contributed by atoms with van der Waals surface area (Å²) in [6.07, 6.45) is 0.574. The Hall–Kier alpha value is -0.620. The fourth-order valence-electron chi connectivity index (χ4n) is 1.82. The van der Waals surface area contributed by atoms with Gasteiger partial charge in [0.2, 0.25) is 5.91 Å². The maximum absolute atomic E-state index is 11.4. The van der Waals surface area contributed by atoms with Crippen LogP contribution < -0.4 is 10.6 Å². The predicted octanol–water partition coefficient (Wildman–Crippen LogP) is -0.322. The minimum Gasteiger partial charge on any atom is -0.353 e. The molecule has 0 spiro atoms. The highest BCUT2D eigenvalue weighted by molar-refractivity contribution is 7.91. The van der Waals surface area contributed by atoms with E-state index < -0.39 is 15.4 Å². The number of rotatable bonds is 4. The largest absolute Gasteiger partial charge is 0.353 e. The third kappa shape index (κ3) is 4.09. The molecule has 0 aromatic carbocycles. The van der Waals surface area contributed by atoms with E-state index in [4.69, 9.17) is 0 Å². The van der Waals surface area contributed by atoms with Crippen molar-refractivity contribution in [3.63, 3.8) is 0 Å². The van der Waals surface area contributed by atoms with Crippen molar-refractivity contribution in [1.29, 1.82) is 0 Å². The second kappa shape index (κ2) is 4.71. The van der Waals surface area contributed by atoms with E-state index in [0.29, 0.717) is 6.42 Å². The van der Waals surface area contributed by atoms with E-state index in [-0.39, 0.29) is 30.0 Å². The topological polar surface area (TPSA) is 75.3 Å². The van der Waals surface area contributed by atoms with Crippen molar-refractivity contribution in [2.24, 2.45) is 0 Å². The van der Waals surface area contributed by atoms with Crippen LogP contribution in [0.25, 0.3) is 0 Å². The van der Waals surface area contributed by atoms with E-state index in [1.807, 2.05) is 20.8 Å². The number of hydrogen-bond donors (Lipinski definition) is 2. The lowest BCUT2D eigenvalue weighted by Gasteiger charge is -2.23. The molecule has 1 aliphatic rings. The van der Waals surface area contributed by atoms with Gasteiger partial charge in [-0.1, -0.05) is 0 Å². The zero-order chi connectivity index (χ0) is 12.4. The SMILES string of the molecule is CC(C)NC(=O)CNC1(C)CCS(=O)(=O)C1. The first-order valence-electron chi connectivity index (χ1n) is 5.47. The highest BCUT2D eigenvalue weighted by atomic mass is 32.2.